The van der Waals surface area contributed by atoms with Gasteiger partial charge in [-0.15, -0.1) is 0 Å². The van der Waals surface area contributed by atoms with E-state index in [9.17, 15) is 9.90 Å². The Balaban J connectivity index is 2.40. The summed E-state index contributed by atoms with van der Waals surface area (Å²) in [7, 11) is 1.38. The van der Waals surface area contributed by atoms with E-state index in [2.05, 4.69) is 5.32 Å². The average Bonchev–Trinajstić information content (AvgIpc) is 2.38. The number of hydrogen-bond donors (Lipinski definition) is 2. The number of esters is 1. The number of nitrogens with one attached hydrogen (secondary N) is 1. The van der Waals surface area contributed by atoms with Gasteiger partial charge < -0.3 is 15.2 Å². The zero-order valence-electron chi connectivity index (χ0n) is 11.1. The molecule has 0 saturated carbocycles. The van der Waals surface area contributed by atoms with Gasteiger partial charge in [0, 0.05) is 13.1 Å². The van der Waals surface area contributed by atoms with Crippen LogP contribution in [0.1, 0.15) is 25.5 Å². The Hall–Kier alpha value is -1.39. The van der Waals surface area contributed by atoms with Crippen LogP contribution < -0.4 is 5.32 Å². The molecule has 1 atom stereocenters. The molecule has 4 heteroatoms. The van der Waals surface area contributed by atoms with Crippen LogP contribution in [0.4, 0.5) is 0 Å². The zero-order chi connectivity index (χ0) is 13.6. The third-order valence-corrected chi connectivity index (χ3v) is 2.83. The normalized spacial score (nSPS) is 13.1. The molecule has 1 unspecified atom stereocenters. The van der Waals surface area contributed by atoms with Crippen LogP contribution in [0.25, 0.3) is 0 Å². The fourth-order valence-corrected chi connectivity index (χ4v) is 1.66. The van der Waals surface area contributed by atoms with Gasteiger partial charge in [-0.1, -0.05) is 30.3 Å². The first-order valence-corrected chi connectivity index (χ1v) is 5.99. The van der Waals surface area contributed by atoms with Gasteiger partial charge in [0.1, 0.15) is 0 Å². The Morgan fingerprint density at radius 3 is 2.56 bits per heavy atom. The van der Waals surface area contributed by atoms with Crippen molar-refractivity contribution in [3.63, 3.8) is 0 Å². The van der Waals surface area contributed by atoms with E-state index in [1.807, 2.05) is 30.3 Å². The Morgan fingerprint density at radius 2 is 2.00 bits per heavy atom. The van der Waals surface area contributed by atoms with Crippen molar-refractivity contribution in [2.24, 2.45) is 5.41 Å². The lowest BCUT2D eigenvalue weighted by Crippen LogP contribution is -2.38. The predicted octanol–water partition coefficient (Wildman–Crippen LogP) is 1.51. The SMILES string of the molecule is COC(=O)C(C)(C)CNCC(O)c1ccccc1. The summed E-state index contributed by atoms with van der Waals surface area (Å²) < 4.78 is 4.72. The maximum atomic E-state index is 11.5. The number of methoxy groups -OCH3 is 1. The van der Waals surface area contributed by atoms with Gasteiger partial charge in [-0.25, -0.2) is 0 Å². The molecule has 0 aromatic heterocycles. The molecule has 100 valence electrons. The van der Waals surface area contributed by atoms with Gasteiger partial charge >= 0.3 is 5.97 Å². The van der Waals surface area contributed by atoms with Crippen molar-refractivity contribution >= 4 is 5.97 Å². The summed E-state index contributed by atoms with van der Waals surface area (Å²) in [6.45, 7) is 4.48. The highest BCUT2D eigenvalue weighted by Crippen LogP contribution is 2.16. The number of carbonyl (C=O) groups excluding carboxylic acids is 1. The van der Waals surface area contributed by atoms with Gasteiger partial charge in [0.25, 0.3) is 0 Å². The van der Waals surface area contributed by atoms with E-state index in [1.165, 1.54) is 7.11 Å². The maximum Gasteiger partial charge on any atom is 0.312 e. The van der Waals surface area contributed by atoms with Gasteiger partial charge in [-0.05, 0) is 19.4 Å². The lowest BCUT2D eigenvalue weighted by atomic mass is 9.93. The molecule has 1 aromatic rings. The van der Waals surface area contributed by atoms with E-state index >= 15 is 0 Å². The van der Waals surface area contributed by atoms with Crippen LogP contribution in [0.5, 0.6) is 0 Å². The summed E-state index contributed by atoms with van der Waals surface area (Å²) in [6, 6.07) is 9.42. The molecule has 0 fully saturated rings. The van der Waals surface area contributed by atoms with Crippen molar-refractivity contribution in [2.45, 2.75) is 20.0 Å². The molecule has 0 saturated heterocycles. The summed E-state index contributed by atoms with van der Waals surface area (Å²) in [6.07, 6.45) is -0.570. The Labute approximate surface area is 108 Å². The number of benzene rings is 1. The molecule has 0 radical (unpaired) electrons. The second-order valence-electron chi connectivity index (χ2n) is 4.93. The monoisotopic (exact) mass is 251 g/mol. The van der Waals surface area contributed by atoms with Crippen LogP contribution in [0.3, 0.4) is 0 Å². The molecule has 0 aliphatic rings. The molecule has 1 aromatic carbocycles. The minimum atomic E-state index is -0.592. The molecule has 0 amide bonds. The third kappa shape index (κ3) is 4.13. The molecular formula is C14H21NO3. The number of aliphatic hydroxyl groups excluding tert-OH is 1. The first-order valence-electron chi connectivity index (χ1n) is 5.99. The zero-order valence-corrected chi connectivity index (χ0v) is 11.1. The first kappa shape index (κ1) is 14.7. The van der Waals surface area contributed by atoms with Gasteiger partial charge in [0.2, 0.25) is 0 Å². The van der Waals surface area contributed by atoms with Gasteiger partial charge in [-0.3, -0.25) is 4.79 Å². The minimum Gasteiger partial charge on any atom is -0.469 e. The first-order chi connectivity index (χ1) is 8.47. The largest absolute Gasteiger partial charge is 0.469 e. The summed E-state index contributed by atoms with van der Waals surface area (Å²) in [4.78, 5) is 11.5. The second-order valence-corrected chi connectivity index (χ2v) is 4.93. The molecular weight excluding hydrogens is 230 g/mol. The predicted molar refractivity (Wildman–Crippen MR) is 70.1 cm³/mol. The van der Waals surface area contributed by atoms with Crippen molar-refractivity contribution in [2.75, 3.05) is 20.2 Å². The fourth-order valence-electron chi connectivity index (χ4n) is 1.66. The number of carbonyl (C=O) groups is 1. The lowest BCUT2D eigenvalue weighted by Gasteiger charge is -2.22. The molecule has 18 heavy (non-hydrogen) atoms. The second kappa shape index (κ2) is 6.52. The fraction of sp³-hybridized carbons (Fsp3) is 0.500. The van der Waals surface area contributed by atoms with Crippen LogP contribution in [-0.2, 0) is 9.53 Å². The number of hydrogen-bond acceptors (Lipinski definition) is 4. The molecule has 0 aliphatic heterocycles. The van der Waals surface area contributed by atoms with E-state index in [0.717, 1.165) is 5.56 Å². The van der Waals surface area contributed by atoms with Gasteiger partial charge in [0.15, 0.2) is 0 Å². The van der Waals surface area contributed by atoms with Gasteiger partial charge in [0.05, 0.1) is 18.6 Å². The minimum absolute atomic E-state index is 0.260. The average molecular weight is 251 g/mol. The van der Waals surface area contributed by atoms with E-state index in [4.69, 9.17) is 4.74 Å². The number of ether oxygens (including phenoxy) is 1. The Bertz CT molecular complexity index is 376. The Kier molecular flexibility index (Phi) is 5.31. The molecule has 0 spiro atoms. The van der Waals surface area contributed by atoms with Crippen LogP contribution in [0, 0.1) is 5.41 Å². The van der Waals surface area contributed by atoms with E-state index in [-0.39, 0.29) is 5.97 Å². The molecule has 0 heterocycles. The number of aliphatic hydroxyl groups is 1. The topological polar surface area (TPSA) is 58.6 Å². The van der Waals surface area contributed by atoms with E-state index in [0.29, 0.717) is 13.1 Å². The summed E-state index contributed by atoms with van der Waals surface area (Å²) in [5.74, 6) is -0.260. The molecule has 4 nitrogen and oxygen atoms in total. The Morgan fingerprint density at radius 1 is 1.39 bits per heavy atom. The van der Waals surface area contributed by atoms with Crippen molar-refractivity contribution in [1.29, 1.82) is 0 Å². The van der Waals surface area contributed by atoms with Crippen LogP contribution in [0.2, 0.25) is 0 Å². The molecule has 0 aliphatic carbocycles. The highest BCUT2D eigenvalue weighted by Gasteiger charge is 2.28. The van der Waals surface area contributed by atoms with Gasteiger partial charge in [-0.2, -0.15) is 0 Å². The smallest absolute Gasteiger partial charge is 0.312 e. The van der Waals surface area contributed by atoms with Crippen LogP contribution in [0.15, 0.2) is 30.3 Å². The van der Waals surface area contributed by atoms with Crippen molar-refractivity contribution in [1.82, 2.24) is 5.32 Å². The highest BCUT2D eigenvalue weighted by molar-refractivity contribution is 5.76. The molecule has 2 N–H and O–H groups in total. The summed E-state index contributed by atoms with van der Waals surface area (Å²) in [5, 5.41) is 13.0. The summed E-state index contributed by atoms with van der Waals surface area (Å²) >= 11 is 0. The molecule has 1 rings (SSSR count). The highest BCUT2D eigenvalue weighted by atomic mass is 16.5. The standard InChI is InChI=1S/C14H21NO3/c1-14(2,13(17)18-3)10-15-9-12(16)11-7-5-4-6-8-11/h4-8,12,15-16H,9-10H2,1-3H3. The van der Waals surface area contributed by atoms with Crippen molar-refractivity contribution in [3.8, 4) is 0 Å². The molecule has 0 bridgehead atoms. The van der Waals surface area contributed by atoms with Crippen LogP contribution >= 0.6 is 0 Å². The summed E-state index contributed by atoms with van der Waals surface area (Å²) in [5.41, 5.74) is 0.270. The lowest BCUT2D eigenvalue weighted by molar-refractivity contribution is -0.150. The van der Waals surface area contributed by atoms with E-state index in [1.54, 1.807) is 13.8 Å². The van der Waals surface area contributed by atoms with Crippen molar-refractivity contribution < 1.29 is 14.6 Å². The number of rotatable bonds is 6. The maximum absolute atomic E-state index is 11.5. The van der Waals surface area contributed by atoms with E-state index < -0.39 is 11.5 Å². The van der Waals surface area contributed by atoms with Crippen molar-refractivity contribution in [3.05, 3.63) is 35.9 Å². The third-order valence-electron chi connectivity index (χ3n) is 2.83. The van der Waals surface area contributed by atoms with Crippen LogP contribution in [-0.4, -0.2) is 31.3 Å². The quantitative estimate of drug-likeness (QED) is 0.752.